The molecule has 3 rings (SSSR count). The Labute approximate surface area is 384 Å². The van der Waals surface area contributed by atoms with E-state index in [2.05, 4.69) is 26.7 Å². The summed E-state index contributed by atoms with van der Waals surface area (Å²) in [6, 6.07) is 11.5. The van der Waals surface area contributed by atoms with Gasteiger partial charge in [-0.15, -0.1) is 0 Å². The van der Waals surface area contributed by atoms with Gasteiger partial charge in [-0.3, -0.25) is 39.0 Å². The van der Waals surface area contributed by atoms with Crippen molar-refractivity contribution in [3.8, 4) is 0 Å². The maximum absolute atomic E-state index is 14.7. The molecular formula is C46H65N7O13. The number of amides is 7. The molecule has 0 aliphatic carbocycles. The van der Waals surface area contributed by atoms with E-state index in [-0.39, 0.29) is 38.5 Å². The predicted octanol–water partition coefficient (Wildman–Crippen LogP) is 2.67. The minimum Gasteiger partial charge on any atom is -0.481 e. The van der Waals surface area contributed by atoms with Crippen LogP contribution in [0.15, 0.2) is 60.7 Å². The van der Waals surface area contributed by atoms with Gasteiger partial charge in [0.1, 0.15) is 24.2 Å². The number of rotatable bonds is 23. The second-order valence-corrected chi connectivity index (χ2v) is 17.2. The quantitative estimate of drug-likeness (QED) is 0.0625. The zero-order valence-electron chi connectivity index (χ0n) is 38.8. The summed E-state index contributed by atoms with van der Waals surface area (Å²) < 4.78 is 11.8. The highest BCUT2D eigenvalue weighted by Gasteiger charge is 2.45. The summed E-state index contributed by atoms with van der Waals surface area (Å²) in [5, 5.41) is 29.9. The Balaban J connectivity index is 1.91. The van der Waals surface area contributed by atoms with Gasteiger partial charge in [0.15, 0.2) is 6.10 Å². The van der Waals surface area contributed by atoms with Crippen molar-refractivity contribution in [1.29, 1.82) is 0 Å². The highest BCUT2D eigenvalue weighted by molar-refractivity contribution is 5.96. The molecule has 0 saturated carbocycles. The number of ether oxygens (including phenoxy) is 2. The number of aliphatic carboxylic acids is 2. The van der Waals surface area contributed by atoms with Crippen molar-refractivity contribution in [2.75, 3.05) is 13.1 Å². The highest BCUT2D eigenvalue weighted by atomic mass is 16.6. The maximum Gasteiger partial charge on any atom is 0.336 e. The van der Waals surface area contributed by atoms with E-state index >= 15 is 0 Å². The molecule has 2 aromatic rings. The lowest BCUT2D eigenvalue weighted by molar-refractivity contribution is -0.164. The monoisotopic (exact) mass is 923 g/mol. The second kappa shape index (κ2) is 25.8. The molecule has 7 amide bonds. The standard InChI is InChI=1S/C46H65N7O13/c1-9-28(6)40(66-45(63)35(22-38(57)58)49-41(59)34(21-37(55)56)48-30(8)54)43(61)50-39(27(4)5)44(62)52-24-33(65-25-31-16-12-10-13-17-31)20-36(52)42(60)51-53(23-26(2)3)46(64)47-29(7)32-18-14-11-15-19-32/h10-19,26-29,33-36,39-40H,9,20-25H2,1-8H3,(H,47,64)(H,48,54)(H,49,59)(H,50,61)(H,51,60)(H,55,56)(H,57,58)/t28-,29+,33-,34+,35-,36-,39+,40+/m1/s1. The van der Waals surface area contributed by atoms with Crippen molar-refractivity contribution in [1.82, 2.24) is 36.6 Å². The van der Waals surface area contributed by atoms with Crippen LogP contribution in [0.4, 0.5) is 4.79 Å². The molecule has 1 saturated heterocycles. The zero-order valence-corrected chi connectivity index (χ0v) is 38.8. The second-order valence-electron chi connectivity index (χ2n) is 17.2. The summed E-state index contributed by atoms with van der Waals surface area (Å²) in [6.45, 7) is 13.4. The van der Waals surface area contributed by atoms with Crippen molar-refractivity contribution in [2.24, 2.45) is 17.8 Å². The fraction of sp³-hybridized carbons (Fsp3) is 0.543. The maximum atomic E-state index is 14.7. The van der Waals surface area contributed by atoms with Crippen LogP contribution in [0.5, 0.6) is 0 Å². The number of hydrogen-bond donors (Lipinski definition) is 7. The van der Waals surface area contributed by atoms with Gasteiger partial charge in [0.2, 0.25) is 17.7 Å². The Morgan fingerprint density at radius 3 is 1.91 bits per heavy atom. The molecule has 8 atom stereocenters. The normalized spacial score (nSPS) is 17.3. The topological polar surface area (TPSA) is 279 Å². The van der Waals surface area contributed by atoms with E-state index in [0.29, 0.717) is 0 Å². The van der Waals surface area contributed by atoms with Crippen LogP contribution >= 0.6 is 0 Å². The number of nitrogens with zero attached hydrogens (tertiary/aromatic N) is 2. The van der Waals surface area contributed by atoms with Crippen molar-refractivity contribution in [2.45, 2.75) is 130 Å². The number of carbonyl (C=O) groups is 9. The van der Waals surface area contributed by atoms with Crippen molar-refractivity contribution < 1.29 is 62.8 Å². The molecule has 2 aromatic carbocycles. The van der Waals surface area contributed by atoms with Gasteiger partial charge in [0.05, 0.1) is 31.6 Å². The van der Waals surface area contributed by atoms with E-state index < -0.39 is 121 Å². The van der Waals surface area contributed by atoms with Gasteiger partial charge in [-0.25, -0.2) is 14.6 Å². The summed E-state index contributed by atoms with van der Waals surface area (Å²) >= 11 is 0. The zero-order chi connectivity index (χ0) is 49.2. The summed E-state index contributed by atoms with van der Waals surface area (Å²) in [6.07, 6.45) is -3.89. The molecule has 7 N–H and O–H groups in total. The number of benzene rings is 2. The minimum absolute atomic E-state index is 0.0414. The van der Waals surface area contributed by atoms with Crippen LogP contribution in [0.3, 0.4) is 0 Å². The fourth-order valence-corrected chi connectivity index (χ4v) is 7.09. The van der Waals surface area contributed by atoms with Crippen LogP contribution in [0.1, 0.15) is 98.2 Å². The third-order valence-corrected chi connectivity index (χ3v) is 10.8. The van der Waals surface area contributed by atoms with Crippen LogP contribution in [-0.2, 0) is 54.4 Å². The van der Waals surface area contributed by atoms with E-state index in [4.69, 9.17) is 9.47 Å². The van der Waals surface area contributed by atoms with Crippen molar-refractivity contribution in [3.05, 3.63) is 71.8 Å². The average molecular weight is 924 g/mol. The largest absolute Gasteiger partial charge is 0.481 e. The van der Waals surface area contributed by atoms with Crippen LogP contribution in [0.2, 0.25) is 0 Å². The smallest absolute Gasteiger partial charge is 0.336 e. The molecule has 1 fully saturated rings. The van der Waals surface area contributed by atoms with Gasteiger partial charge in [-0.2, -0.15) is 0 Å². The molecule has 0 bridgehead atoms. The van der Waals surface area contributed by atoms with Crippen LogP contribution in [0.25, 0.3) is 0 Å². The Hall–Kier alpha value is -6.57. The van der Waals surface area contributed by atoms with E-state index in [1.165, 1.54) is 9.91 Å². The Kier molecular flexibility index (Phi) is 21.0. The number of hydrazine groups is 1. The number of carbonyl (C=O) groups excluding carboxylic acids is 7. The van der Waals surface area contributed by atoms with Crippen molar-refractivity contribution in [3.63, 3.8) is 0 Å². The molecule has 20 heteroatoms. The minimum atomic E-state index is -1.92. The van der Waals surface area contributed by atoms with E-state index in [1.54, 1.807) is 27.7 Å². The number of carboxylic acid groups (broad SMARTS) is 2. The number of hydrogen-bond acceptors (Lipinski definition) is 11. The van der Waals surface area contributed by atoms with E-state index in [9.17, 15) is 53.4 Å². The lowest BCUT2D eigenvalue weighted by Crippen LogP contribution is -2.60. The Morgan fingerprint density at radius 1 is 0.773 bits per heavy atom. The summed E-state index contributed by atoms with van der Waals surface area (Å²) in [5.41, 5.74) is 4.42. The molecular weight excluding hydrogens is 859 g/mol. The number of carboxylic acids is 2. The summed E-state index contributed by atoms with van der Waals surface area (Å²) in [7, 11) is 0. The van der Waals surface area contributed by atoms with E-state index in [1.807, 2.05) is 81.4 Å². The number of nitrogens with one attached hydrogen (secondary N) is 5. The highest BCUT2D eigenvalue weighted by Crippen LogP contribution is 2.25. The SMILES string of the molecule is CC[C@@H](C)[C@H](OC(=O)[C@@H](CC(=O)O)NC(=O)[C@H](CC(=O)O)NC(C)=O)C(=O)N[C@H](C(=O)N1C[C@H](OCc2ccccc2)C[C@@H]1C(=O)NN(CC(C)C)C(=O)N[C@@H](C)c1ccccc1)C(C)C. The first-order valence-electron chi connectivity index (χ1n) is 22.0. The van der Waals surface area contributed by atoms with Crippen LogP contribution in [-0.4, -0.2) is 123 Å². The van der Waals surface area contributed by atoms with Crippen molar-refractivity contribution >= 4 is 53.5 Å². The lowest BCUT2D eigenvalue weighted by Gasteiger charge is -2.33. The predicted molar refractivity (Wildman–Crippen MR) is 238 cm³/mol. The molecule has 20 nitrogen and oxygen atoms in total. The van der Waals surface area contributed by atoms with Gasteiger partial charge >= 0.3 is 23.9 Å². The Bertz CT molecular complexity index is 1990. The summed E-state index contributed by atoms with van der Waals surface area (Å²) in [4.78, 5) is 120. The van der Waals surface area contributed by atoms with Gasteiger partial charge in [0, 0.05) is 32.4 Å². The molecule has 0 radical (unpaired) electrons. The molecule has 66 heavy (non-hydrogen) atoms. The molecule has 0 unspecified atom stereocenters. The van der Waals surface area contributed by atoms with Gasteiger partial charge in [0.25, 0.3) is 11.8 Å². The molecule has 1 aliphatic rings. The molecule has 0 spiro atoms. The molecule has 0 aromatic heterocycles. The van der Waals surface area contributed by atoms with Crippen LogP contribution in [0, 0.1) is 17.8 Å². The first-order valence-corrected chi connectivity index (χ1v) is 22.0. The first kappa shape index (κ1) is 53.8. The van der Waals surface area contributed by atoms with Crippen LogP contribution < -0.4 is 26.7 Å². The van der Waals surface area contributed by atoms with Gasteiger partial charge in [-0.1, -0.05) is 102 Å². The summed E-state index contributed by atoms with van der Waals surface area (Å²) in [5.74, 6) is -10.00. The number of likely N-dealkylation sites (tertiary alicyclic amines) is 1. The first-order chi connectivity index (χ1) is 31.1. The van der Waals surface area contributed by atoms with Gasteiger partial charge in [-0.05, 0) is 36.3 Å². The third kappa shape index (κ3) is 16.8. The molecule has 362 valence electrons. The molecule has 1 aliphatic heterocycles. The number of esters is 1. The fourth-order valence-electron chi connectivity index (χ4n) is 7.09. The Morgan fingerprint density at radius 2 is 1.36 bits per heavy atom. The average Bonchev–Trinajstić information content (AvgIpc) is 3.69. The number of urea groups is 1. The van der Waals surface area contributed by atoms with E-state index in [0.717, 1.165) is 18.1 Å². The van der Waals surface area contributed by atoms with Gasteiger partial charge < -0.3 is 45.9 Å². The third-order valence-electron chi connectivity index (χ3n) is 10.8. The molecule has 1 heterocycles. The lowest BCUT2D eigenvalue weighted by atomic mass is 9.98.